The fraction of sp³-hybridized carbons (Fsp3) is 0.304. The molecule has 3 aromatic rings. The minimum atomic E-state index is -0.0944. The van der Waals surface area contributed by atoms with Crippen LogP contribution in [-0.2, 0) is 0 Å². The summed E-state index contributed by atoms with van der Waals surface area (Å²) in [6.45, 7) is 8.59. The molecule has 0 spiro atoms. The highest BCUT2D eigenvalue weighted by molar-refractivity contribution is 6.07. The minimum Gasteiger partial charge on any atom is -0.454 e. The molecule has 1 aliphatic rings. The molecule has 29 heavy (non-hydrogen) atoms. The number of nitrogens with one attached hydrogen (secondary N) is 1. The van der Waals surface area contributed by atoms with Crippen LogP contribution in [0.4, 0.5) is 0 Å². The van der Waals surface area contributed by atoms with E-state index in [1.807, 2.05) is 55.5 Å². The number of para-hydroxylation sites is 1. The predicted molar refractivity (Wildman–Crippen MR) is 117 cm³/mol. The maximum absolute atomic E-state index is 13.1. The van der Waals surface area contributed by atoms with Crippen molar-refractivity contribution in [2.45, 2.75) is 33.7 Å². The average Bonchev–Trinajstić information content (AvgIpc) is 3.14. The van der Waals surface area contributed by atoms with Gasteiger partial charge >= 0.3 is 0 Å². The van der Waals surface area contributed by atoms with Crippen LogP contribution in [0.1, 0.15) is 38.1 Å². The molecule has 1 amide bonds. The molecule has 4 rings (SSSR count). The molecule has 0 saturated heterocycles. The van der Waals surface area contributed by atoms with Crippen molar-refractivity contribution in [3.05, 3.63) is 54.1 Å². The van der Waals surface area contributed by atoms with Crippen molar-refractivity contribution in [3.63, 3.8) is 0 Å². The molecule has 0 radical (unpaired) electrons. The number of halogens is 1. The quantitative estimate of drug-likeness (QED) is 0.640. The number of carbonyl (C=O) groups is 1. The van der Waals surface area contributed by atoms with Crippen LogP contribution in [0.15, 0.2) is 48.5 Å². The number of fused-ring (bicyclic) bond motifs is 2. The molecular formula is C23H25ClN2O3. The monoisotopic (exact) mass is 412 g/mol. The van der Waals surface area contributed by atoms with Gasteiger partial charge in [-0.25, -0.2) is 4.98 Å². The summed E-state index contributed by atoms with van der Waals surface area (Å²) < 4.78 is 10.9. The van der Waals surface area contributed by atoms with Gasteiger partial charge in [-0.15, -0.1) is 12.4 Å². The van der Waals surface area contributed by atoms with Crippen molar-refractivity contribution in [1.82, 2.24) is 10.3 Å². The van der Waals surface area contributed by atoms with Crippen LogP contribution >= 0.6 is 12.4 Å². The highest BCUT2D eigenvalue weighted by atomic mass is 35.5. The third-order valence-electron chi connectivity index (χ3n) is 5.28. The molecule has 1 aliphatic heterocycles. The van der Waals surface area contributed by atoms with Crippen LogP contribution in [0.3, 0.4) is 0 Å². The van der Waals surface area contributed by atoms with Gasteiger partial charge in [-0.3, -0.25) is 4.79 Å². The Morgan fingerprint density at radius 1 is 1.07 bits per heavy atom. The maximum Gasteiger partial charge on any atom is 0.252 e. The van der Waals surface area contributed by atoms with E-state index in [2.05, 4.69) is 26.1 Å². The zero-order valence-electron chi connectivity index (χ0n) is 17.0. The van der Waals surface area contributed by atoms with E-state index in [4.69, 9.17) is 14.5 Å². The van der Waals surface area contributed by atoms with Gasteiger partial charge in [0.25, 0.3) is 5.91 Å². The van der Waals surface area contributed by atoms with Gasteiger partial charge in [-0.05, 0) is 42.7 Å². The molecule has 1 N–H and O–H groups in total. The van der Waals surface area contributed by atoms with E-state index < -0.39 is 0 Å². The first kappa shape index (κ1) is 20.9. The first-order valence-electron chi connectivity index (χ1n) is 9.43. The van der Waals surface area contributed by atoms with E-state index in [0.29, 0.717) is 11.3 Å². The Hall–Kier alpha value is -2.79. The van der Waals surface area contributed by atoms with Gasteiger partial charge in [0.15, 0.2) is 11.5 Å². The third-order valence-corrected chi connectivity index (χ3v) is 5.28. The van der Waals surface area contributed by atoms with E-state index >= 15 is 0 Å². The Morgan fingerprint density at radius 2 is 1.79 bits per heavy atom. The van der Waals surface area contributed by atoms with E-state index in [0.717, 1.165) is 27.9 Å². The number of pyridine rings is 1. The van der Waals surface area contributed by atoms with Crippen LogP contribution in [0.25, 0.3) is 22.2 Å². The average molecular weight is 413 g/mol. The van der Waals surface area contributed by atoms with Crippen LogP contribution in [0.5, 0.6) is 11.5 Å². The molecule has 1 aromatic heterocycles. The van der Waals surface area contributed by atoms with Gasteiger partial charge in [0.05, 0.1) is 16.8 Å². The second-order valence-electron chi connectivity index (χ2n) is 8.20. The van der Waals surface area contributed by atoms with Crippen molar-refractivity contribution in [1.29, 1.82) is 0 Å². The van der Waals surface area contributed by atoms with Gasteiger partial charge in [0.2, 0.25) is 6.79 Å². The van der Waals surface area contributed by atoms with Crippen molar-refractivity contribution >= 4 is 29.2 Å². The van der Waals surface area contributed by atoms with Crippen LogP contribution in [0, 0.1) is 5.41 Å². The number of aromatic nitrogens is 1. The molecule has 1 atom stereocenters. The highest BCUT2D eigenvalue weighted by Gasteiger charge is 2.24. The lowest BCUT2D eigenvalue weighted by Gasteiger charge is -2.28. The largest absolute Gasteiger partial charge is 0.454 e. The van der Waals surface area contributed by atoms with Crippen LogP contribution in [0.2, 0.25) is 0 Å². The molecule has 2 heterocycles. The molecule has 152 valence electrons. The summed E-state index contributed by atoms with van der Waals surface area (Å²) in [6.07, 6.45) is 0. The second kappa shape index (κ2) is 7.91. The fourth-order valence-corrected chi connectivity index (χ4v) is 3.06. The number of benzene rings is 2. The van der Waals surface area contributed by atoms with E-state index in [1.165, 1.54) is 0 Å². The van der Waals surface area contributed by atoms with E-state index in [1.54, 1.807) is 0 Å². The Kier molecular flexibility index (Phi) is 5.71. The second-order valence-corrected chi connectivity index (χ2v) is 8.20. The summed E-state index contributed by atoms with van der Waals surface area (Å²) in [7, 11) is 0. The molecule has 1 unspecified atom stereocenters. The summed E-state index contributed by atoms with van der Waals surface area (Å²) in [6, 6.07) is 15.3. The van der Waals surface area contributed by atoms with Gasteiger partial charge in [0, 0.05) is 17.0 Å². The SMILES string of the molecule is CC(NC(=O)c1cc(-c2ccc3c(c2)OCO3)nc2ccccc12)C(C)(C)C.Cl. The zero-order chi connectivity index (χ0) is 19.9. The van der Waals surface area contributed by atoms with Crippen molar-refractivity contribution < 1.29 is 14.3 Å². The lowest BCUT2D eigenvalue weighted by Crippen LogP contribution is -2.41. The van der Waals surface area contributed by atoms with Crippen LogP contribution < -0.4 is 14.8 Å². The van der Waals surface area contributed by atoms with Gasteiger partial charge in [-0.2, -0.15) is 0 Å². The number of hydrogen-bond donors (Lipinski definition) is 1. The van der Waals surface area contributed by atoms with Crippen molar-refractivity contribution in [2.24, 2.45) is 5.41 Å². The molecule has 0 saturated carbocycles. The number of nitrogens with zero attached hydrogens (tertiary/aromatic N) is 1. The Balaban J connectivity index is 0.00000240. The van der Waals surface area contributed by atoms with E-state index in [-0.39, 0.29) is 36.6 Å². The Bertz CT molecular complexity index is 1060. The number of rotatable bonds is 3. The molecular weight excluding hydrogens is 388 g/mol. The lowest BCUT2D eigenvalue weighted by atomic mass is 9.88. The summed E-state index contributed by atoms with van der Waals surface area (Å²) in [5, 5.41) is 3.98. The smallest absolute Gasteiger partial charge is 0.252 e. The Labute approximate surface area is 176 Å². The Morgan fingerprint density at radius 3 is 2.55 bits per heavy atom. The number of carbonyl (C=O) groups excluding carboxylic acids is 1. The zero-order valence-corrected chi connectivity index (χ0v) is 17.8. The molecule has 5 nitrogen and oxygen atoms in total. The van der Waals surface area contributed by atoms with Crippen molar-refractivity contribution in [2.75, 3.05) is 6.79 Å². The normalized spacial score (nSPS) is 13.7. The van der Waals surface area contributed by atoms with Gasteiger partial charge in [-0.1, -0.05) is 39.0 Å². The van der Waals surface area contributed by atoms with Gasteiger partial charge in [0.1, 0.15) is 0 Å². The molecule has 6 heteroatoms. The predicted octanol–water partition coefficient (Wildman–Crippen LogP) is 5.22. The molecule has 0 bridgehead atoms. The number of amides is 1. The topological polar surface area (TPSA) is 60.5 Å². The standard InChI is InChI=1S/C23H24N2O3.ClH/c1-14(23(2,3)4)24-22(26)17-12-19(25-18-8-6-5-7-16(17)18)15-9-10-20-21(11-15)28-13-27-20;/h5-12,14H,13H2,1-4H3,(H,24,26);1H. The number of ether oxygens (including phenoxy) is 2. The first-order chi connectivity index (χ1) is 13.3. The third kappa shape index (κ3) is 4.15. The van der Waals surface area contributed by atoms with E-state index in [9.17, 15) is 4.79 Å². The summed E-state index contributed by atoms with van der Waals surface area (Å²) >= 11 is 0. The highest BCUT2D eigenvalue weighted by Crippen LogP contribution is 2.36. The first-order valence-corrected chi connectivity index (χ1v) is 9.43. The lowest BCUT2D eigenvalue weighted by molar-refractivity contribution is 0.0912. The fourth-order valence-electron chi connectivity index (χ4n) is 3.06. The summed E-state index contributed by atoms with van der Waals surface area (Å²) in [5.41, 5.74) is 2.98. The van der Waals surface area contributed by atoms with Crippen molar-refractivity contribution in [3.8, 4) is 22.8 Å². The molecule has 0 fully saturated rings. The minimum absolute atomic E-state index is 0. The van der Waals surface area contributed by atoms with Gasteiger partial charge < -0.3 is 14.8 Å². The molecule has 0 aliphatic carbocycles. The molecule has 2 aromatic carbocycles. The number of hydrogen-bond acceptors (Lipinski definition) is 4. The summed E-state index contributed by atoms with van der Waals surface area (Å²) in [5.74, 6) is 1.32. The maximum atomic E-state index is 13.1. The summed E-state index contributed by atoms with van der Waals surface area (Å²) in [4.78, 5) is 17.9. The van der Waals surface area contributed by atoms with Crippen LogP contribution in [-0.4, -0.2) is 23.7 Å².